The van der Waals surface area contributed by atoms with Crippen molar-refractivity contribution in [3.63, 3.8) is 0 Å². The van der Waals surface area contributed by atoms with E-state index in [4.69, 9.17) is 0 Å². The highest BCUT2D eigenvalue weighted by molar-refractivity contribution is 5.90. The molecule has 4 rings (SSSR count). The maximum absolute atomic E-state index is 12.0. The minimum Gasteiger partial charge on any atom is -0.355 e. The van der Waals surface area contributed by atoms with Crippen LogP contribution in [0.3, 0.4) is 0 Å². The number of amides is 1. The molecule has 1 saturated heterocycles. The van der Waals surface area contributed by atoms with E-state index in [0.29, 0.717) is 6.04 Å². The predicted octanol–water partition coefficient (Wildman–Crippen LogP) is 1.71. The quantitative estimate of drug-likeness (QED) is 0.686. The number of aromatic nitrogens is 4. The zero-order chi connectivity index (χ0) is 20.5. The minimum atomic E-state index is -0.259. The Labute approximate surface area is 170 Å². The first-order valence-electron chi connectivity index (χ1n) is 9.94. The molecule has 1 amide bonds. The molecule has 152 valence electrons. The van der Waals surface area contributed by atoms with Gasteiger partial charge in [-0.25, -0.2) is 9.97 Å². The molecule has 2 N–H and O–H groups in total. The number of fused-ring (bicyclic) bond motifs is 1. The van der Waals surface area contributed by atoms with Gasteiger partial charge in [-0.1, -0.05) is 18.2 Å². The Balaban J connectivity index is 1.47. The fraction of sp³-hybridized carbons (Fsp3) is 0.429. The van der Waals surface area contributed by atoms with Crippen LogP contribution < -0.4 is 15.5 Å². The number of anilines is 1. The molecule has 0 aliphatic carbocycles. The third-order valence-electron chi connectivity index (χ3n) is 5.67. The van der Waals surface area contributed by atoms with Gasteiger partial charge in [-0.05, 0) is 26.3 Å². The smallest absolute Gasteiger partial charge is 0.288 e. The third kappa shape index (κ3) is 3.67. The summed E-state index contributed by atoms with van der Waals surface area (Å²) in [5, 5.41) is 12.1. The first-order chi connectivity index (χ1) is 14.0. The minimum absolute atomic E-state index is 0.224. The predicted molar refractivity (Wildman–Crippen MR) is 113 cm³/mol. The first-order valence-corrected chi connectivity index (χ1v) is 9.94. The largest absolute Gasteiger partial charge is 0.355 e. The number of carbonyl (C=O) groups is 1. The van der Waals surface area contributed by atoms with Crippen LogP contribution in [0, 0.1) is 13.8 Å². The summed E-state index contributed by atoms with van der Waals surface area (Å²) in [6.45, 7) is 6.40. The third-order valence-corrected chi connectivity index (χ3v) is 5.67. The molecule has 3 aromatic rings. The van der Waals surface area contributed by atoms with Crippen molar-refractivity contribution in [2.75, 3.05) is 25.0 Å². The van der Waals surface area contributed by atoms with Crippen LogP contribution in [0.4, 0.5) is 5.82 Å². The van der Waals surface area contributed by atoms with Crippen LogP contribution >= 0.6 is 0 Å². The summed E-state index contributed by atoms with van der Waals surface area (Å²) in [5.74, 6) is 0.816. The summed E-state index contributed by atoms with van der Waals surface area (Å²) in [5.41, 5.74) is 4.07. The molecular formula is C21H27N7O. The Hall–Kier alpha value is -3.00. The number of carbonyl (C=O) groups excluding carboxylic acids is 1. The van der Waals surface area contributed by atoms with E-state index < -0.39 is 0 Å². The number of nitrogens with zero attached hydrogens (tertiary/aromatic N) is 5. The summed E-state index contributed by atoms with van der Waals surface area (Å²) < 4.78 is 1.93. The number of aryl methyl sites for hydroxylation is 2. The standard InChI is InChI=1S/C21H27N7O/c1-13-14(2)24-19(21(29)22-3)25-20(13)28-10-9-15(12-28)23-11-17-16-7-5-6-8-18(16)27(4)26-17/h5-8,15,23H,9-12H2,1-4H3,(H,22,29)/t15-/m1/s1. The molecule has 1 aliphatic rings. The van der Waals surface area contributed by atoms with Gasteiger partial charge in [0, 0.05) is 56.4 Å². The van der Waals surface area contributed by atoms with Gasteiger partial charge < -0.3 is 15.5 Å². The molecule has 0 spiro atoms. The van der Waals surface area contributed by atoms with Gasteiger partial charge in [0.2, 0.25) is 5.82 Å². The SMILES string of the molecule is CNC(=O)c1nc(C)c(C)c(N2CC[C@@H](NCc3nn(C)c4ccccc34)C2)n1. The molecule has 0 saturated carbocycles. The number of nitrogens with one attached hydrogen (secondary N) is 2. The number of hydrogen-bond donors (Lipinski definition) is 2. The zero-order valence-corrected chi connectivity index (χ0v) is 17.4. The van der Waals surface area contributed by atoms with Crippen molar-refractivity contribution in [2.45, 2.75) is 32.9 Å². The lowest BCUT2D eigenvalue weighted by Crippen LogP contribution is -2.33. The maximum Gasteiger partial charge on any atom is 0.288 e. The summed E-state index contributed by atoms with van der Waals surface area (Å²) >= 11 is 0. The lowest BCUT2D eigenvalue weighted by Gasteiger charge is -2.21. The summed E-state index contributed by atoms with van der Waals surface area (Å²) in [6, 6.07) is 8.64. The van der Waals surface area contributed by atoms with Crippen LogP contribution in [-0.4, -0.2) is 51.8 Å². The average molecular weight is 393 g/mol. The second-order valence-electron chi connectivity index (χ2n) is 7.56. The summed E-state index contributed by atoms with van der Waals surface area (Å²) in [4.78, 5) is 23.1. The topological polar surface area (TPSA) is 88.0 Å². The second kappa shape index (κ2) is 7.79. The Kier molecular flexibility index (Phi) is 5.19. The van der Waals surface area contributed by atoms with Crippen LogP contribution in [0.15, 0.2) is 24.3 Å². The van der Waals surface area contributed by atoms with Crippen molar-refractivity contribution in [3.8, 4) is 0 Å². The van der Waals surface area contributed by atoms with E-state index in [1.165, 1.54) is 5.39 Å². The Morgan fingerprint density at radius 3 is 2.83 bits per heavy atom. The molecule has 2 aromatic heterocycles. The van der Waals surface area contributed by atoms with Gasteiger partial charge in [-0.3, -0.25) is 9.48 Å². The van der Waals surface area contributed by atoms with Crippen molar-refractivity contribution in [2.24, 2.45) is 7.05 Å². The van der Waals surface area contributed by atoms with Crippen LogP contribution in [0.1, 0.15) is 34.0 Å². The van der Waals surface area contributed by atoms with Crippen molar-refractivity contribution in [1.82, 2.24) is 30.4 Å². The van der Waals surface area contributed by atoms with Crippen LogP contribution in [0.2, 0.25) is 0 Å². The van der Waals surface area contributed by atoms with Gasteiger partial charge in [-0.15, -0.1) is 0 Å². The van der Waals surface area contributed by atoms with E-state index in [9.17, 15) is 4.79 Å². The van der Waals surface area contributed by atoms with Gasteiger partial charge in [0.25, 0.3) is 5.91 Å². The van der Waals surface area contributed by atoms with Gasteiger partial charge in [0.1, 0.15) is 5.82 Å². The lowest BCUT2D eigenvalue weighted by atomic mass is 10.2. The molecule has 1 fully saturated rings. The number of rotatable bonds is 5. The maximum atomic E-state index is 12.0. The van der Waals surface area contributed by atoms with Crippen LogP contribution in [0.25, 0.3) is 10.9 Å². The van der Waals surface area contributed by atoms with E-state index in [2.05, 4.69) is 48.8 Å². The highest BCUT2D eigenvalue weighted by Crippen LogP contribution is 2.24. The monoisotopic (exact) mass is 393 g/mol. The molecule has 8 heteroatoms. The molecule has 1 aromatic carbocycles. The van der Waals surface area contributed by atoms with Crippen molar-refractivity contribution < 1.29 is 4.79 Å². The molecule has 29 heavy (non-hydrogen) atoms. The summed E-state index contributed by atoms with van der Waals surface area (Å²) in [7, 11) is 3.57. The number of hydrogen-bond acceptors (Lipinski definition) is 6. The number of benzene rings is 1. The zero-order valence-electron chi connectivity index (χ0n) is 17.4. The normalized spacial score (nSPS) is 16.6. The van der Waals surface area contributed by atoms with Crippen molar-refractivity contribution >= 4 is 22.6 Å². The average Bonchev–Trinajstić information content (AvgIpc) is 3.32. The molecule has 1 aliphatic heterocycles. The molecule has 0 unspecified atom stereocenters. The second-order valence-corrected chi connectivity index (χ2v) is 7.56. The van der Waals surface area contributed by atoms with Crippen molar-refractivity contribution in [3.05, 3.63) is 47.0 Å². The van der Waals surface area contributed by atoms with E-state index in [0.717, 1.165) is 54.3 Å². The van der Waals surface area contributed by atoms with Gasteiger partial charge in [-0.2, -0.15) is 5.10 Å². The molecule has 1 atom stereocenters. The Morgan fingerprint density at radius 1 is 1.24 bits per heavy atom. The van der Waals surface area contributed by atoms with E-state index in [1.807, 2.05) is 31.6 Å². The van der Waals surface area contributed by atoms with Gasteiger partial charge in [0.05, 0.1) is 11.2 Å². The molecule has 0 bridgehead atoms. The van der Waals surface area contributed by atoms with Crippen LogP contribution in [0.5, 0.6) is 0 Å². The Bertz CT molecular complexity index is 1060. The highest BCUT2D eigenvalue weighted by Gasteiger charge is 2.26. The van der Waals surface area contributed by atoms with E-state index in [1.54, 1.807) is 7.05 Å². The summed E-state index contributed by atoms with van der Waals surface area (Å²) in [6.07, 6.45) is 1.02. The Morgan fingerprint density at radius 2 is 2.03 bits per heavy atom. The van der Waals surface area contributed by atoms with Gasteiger partial charge in [0.15, 0.2) is 0 Å². The van der Waals surface area contributed by atoms with Crippen molar-refractivity contribution in [1.29, 1.82) is 0 Å². The van der Waals surface area contributed by atoms with Gasteiger partial charge >= 0.3 is 0 Å². The fourth-order valence-electron chi connectivity index (χ4n) is 3.91. The highest BCUT2D eigenvalue weighted by atomic mass is 16.2. The number of para-hydroxylation sites is 1. The molecular weight excluding hydrogens is 366 g/mol. The molecule has 0 radical (unpaired) electrons. The molecule has 8 nitrogen and oxygen atoms in total. The van der Waals surface area contributed by atoms with Crippen LogP contribution in [-0.2, 0) is 13.6 Å². The van der Waals surface area contributed by atoms with E-state index >= 15 is 0 Å². The van der Waals surface area contributed by atoms with E-state index in [-0.39, 0.29) is 11.7 Å². The fourth-order valence-corrected chi connectivity index (χ4v) is 3.91. The first kappa shape index (κ1) is 19.3. The molecule has 3 heterocycles. The lowest BCUT2D eigenvalue weighted by molar-refractivity contribution is 0.0952.